The van der Waals surface area contributed by atoms with Gasteiger partial charge < -0.3 is 19.7 Å². The Morgan fingerprint density at radius 1 is 1.12 bits per heavy atom. The number of nitrogens with one attached hydrogen (secondary N) is 1. The molecule has 1 saturated heterocycles. The van der Waals surface area contributed by atoms with Gasteiger partial charge in [0.1, 0.15) is 11.6 Å². The van der Waals surface area contributed by atoms with E-state index in [1.54, 1.807) is 18.4 Å². The maximum Gasteiger partial charge on any atom is 0.185 e. The van der Waals surface area contributed by atoms with Crippen molar-refractivity contribution in [3.8, 4) is 17.0 Å². The summed E-state index contributed by atoms with van der Waals surface area (Å²) in [5, 5.41) is 6.74. The molecule has 7 nitrogen and oxygen atoms in total. The number of aryl methyl sites for hydroxylation is 3. The largest absolute Gasteiger partial charge is 0.497 e. The normalized spacial score (nSPS) is 18.0. The van der Waals surface area contributed by atoms with E-state index < -0.39 is 0 Å². The number of aromatic nitrogens is 3. The molecule has 1 aromatic carbocycles. The van der Waals surface area contributed by atoms with Crippen LogP contribution in [-0.4, -0.2) is 53.9 Å². The van der Waals surface area contributed by atoms with Crippen molar-refractivity contribution in [3.63, 3.8) is 0 Å². The van der Waals surface area contributed by atoms with Crippen LogP contribution in [0.5, 0.6) is 5.75 Å². The number of anilines is 2. The Labute approximate surface area is 200 Å². The van der Waals surface area contributed by atoms with E-state index in [0.717, 1.165) is 70.8 Å². The summed E-state index contributed by atoms with van der Waals surface area (Å²) in [6.07, 6.45) is 3.52. The minimum absolute atomic E-state index is 0.0685. The lowest BCUT2D eigenvalue weighted by Crippen LogP contribution is -2.35. The number of rotatable bonds is 9. The number of methoxy groups -OCH3 is 1. The van der Waals surface area contributed by atoms with E-state index in [1.165, 1.54) is 0 Å². The van der Waals surface area contributed by atoms with Gasteiger partial charge >= 0.3 is 0 Å². The Morgan fingerprint density at radius 2 is 1.94 bits per heavy atom. The molecular weight excluding hydrogens is 434 g/mol. The summed E-state index contributed by atoms with van der Waals surface area (Å²) in [5.74, 6) is 1.71. The number of benzene rings is 1. The third kappa shape index (κ3) is 4.96. The van der Waals surface area contributed by atoms with Gasteiger partial charge in [-0.25, -0.2) is 15.0 Å². The quantitative estimate of drug-likeness (QED) is 0.487. The van der Waals surface area contributed by atoms with Gasteiger partial charge in [-0.2, -0.15) is 0 Å². The molecule has 1 fully saturated rings. The van der Waals surface area contributed by atoms with Gasteiger partial charge in [-0.05, 0) is 50.5 Å². The summed E-state index contributed by atoms with van der Waals surface area (Å²) in [4.78, 5) is 17.0. The van der Waals surface area contributed by atoms with Crippen LogP contribution in [-0.2, 0) is 17.6 Å². The van der Waals surface area contributed by atoms with E-state index in [-0.39, 0.29) is 12.1 Å². The van der Waals surface area contributed by atoms with Crippen LogP contribution in [0.3, 0.4) is 0 Å². The summed E-state index contributed by atoms with van der Waals surface area (Å²) in [5.41, 5.74) is 5.15. The van der Waals surface area contributed by atoms with Gasteiger partial charge in [0.25, 0.3) is 0 Å². The van der Waals surface area contributed by atoms with Crippen molar-refractivity contribution in [2.45, 2.75) is 52.7 Å². The van der Waals surface area contributed by atoms with Crippen LogP contribution < -0.4 is 15.0 Å². The molecule has 1 aliphatic rings. The van der Waals surface area contributed by atoms with Gasteiger partial charge in [-0.3, -0.25) is 0 Å². The Balaban J connectivity index is 1.65. The lowest BCUT2D eigenvalue weighted by Gasteiger charge is -2.22. The van der Waals surface area contributed by atoms with E-state index in [0.29, 0.717) is 6.61 Å². The van der Waals surface area contributed by atoms with Crippen molar-refractivity contribution in [3.05, 3.63) is 46.7 Å². The molecule has 176 valence electrons. The first kappa shape index (κ1) is 23.4. The number of hydrogen-bond acceptors (Lipinski definition) is 8. The summed E-state index contributed by atoms with van der Waals surface area (Å²) >= 11 is 1.66. The second kappa shape index (κ2) is 10.5. The first-order valence-corrected chi connectivity index (χ1v) is 12.5. The van der Waals surface area contributed by atoms with E-state index in [2.05, 4.69) is 42.0 Å². The van der Waals surface area contributed by atoms with Crippen LogP contribution in [0.4, 0.5) is 10.9 Å². The molecule has 0 saturated carbocycles. The van der Waals surface area contributed by atoms with Crippen molar-refractivity contribution in [1.29, 1.82) is 0 Å². The highest BCUT2D eigenvalue weighted by atomic mass is 32.1. The molecule has 0 aliphatic carbocycles. The van der Waals surface area contributed by atoms with Gasteiger partial charge in [-0.1, -0.05) is 13.8 Å². The Morgan fingerprint density at radius 3 is 2.58 bits per heavy atom. The molecule has 0 radical (unpaired) electrons. The minimum atomic E-state index is 0.0685. The van der Waals surface area contributed by atoms with Crippen molar-refractivity contribution < 1.29 is 9.47 Å². The Kier molecular flexibility index (Phi) is 7.45. The average Bonchev–Trinajstić information content (AvgIpc) is 3.49. The zero-order valence-corrected chi connectivity index (χ0v) is 20.9. The molecule has 0 spiro atoms. The Hall–Kier alpha value is -2.71. The molecule has 0 amide bonds. The number of nitrogens with zero attached hydrogens (tertiary/aromatic N) is 4. The lowest BCUT2D eigenvalue weighted by molar-refractivity contribution is 0.0719. The second-order valence-electron chi connectivity index (χ2n) is 8.17. The highest BCUT2D eigenvalue weighted by Crippen LogP contribution is 2.31. The molecule has 0 unspecified atom stereocenters. The number of ether oxygens (including phenoxy) is 2. The summed E-state index contributed by atoms with van der Waals surface area (Å²) in [6.45, 7) is 10.7. The van der Waals surface area contributed by atoms with Crippen LogP contribution in [0.2, 0.25) is 0 Å². The fraction of sp³-hybridized carbons (Fsp3) is 0.480. The molecule has 3 heterocycles. The predicted octanol–water partition coefficient (Wildman–Crippen LogP) is 4.75. The Bertz CT molecular complexity index is 1070. The topological polar surface area (TPSA) is 72.4 Å². The van der Waals surface area contributed by atoms with Crippen molar-refractivity contribution in [1.82, 2.24) is 15.0 Å². The van der Waals surface area contributed by atoms with Crippen molar-refractivity contribution in [2.24, 2.45) is 0 Å². The maximum absolute atomic E-state index is 6.09. The standard InChI is InChI=1S/C25H33N5O2S/c1-6-19-23(18-10-9-17(31-5)13-16(18)4)27-20(7-2)24(28-19)29-21-14-30(15-22(21)32-8-3)25-26-11-12-33-25/h9-13,21-22H,6-8,14-15H2,1-5H3,(H,28,29)/t21-,22-/m1/s1. The number of thiazole rings is 1. The molecule has 3 aromatic rings. The summed E-state index contributed by atoms with van der Waals surface area (Å²) < 4.78 is 11.5. The monoisotopic (exact) mass is 467 g/mol. The minimum Gasteiger partial charge on any atom is -0.497 e. The van der Waals surface area contributed by atoms with E-state index in [9.17, 15) is 0 Å². The van der Waals surface area contributed by atoms with Crippen LogP contribution in [0.15, 0.2) is 29.8 Å². The smallest absolute Gasteiger partial charge is 0.185 e. The SMILES string of the molecule is CCO[C@@H]1CN(c2nccs2)C[C@H]1Nc1nc(CC)c(-c2ccc(OC)cc2C)nc1CC. The van der Waals surface area contributed by atoms with Crippen LogP contribution in [0.1, 0.15) is 37.7 Å². The lowest BCUT2D eigenvalue weighted by atomic mass is 10.0. The molecule has 1 aliphatic heterocycles. The van der Waals surface area contributed by atoms with E-state index >= 15 is 0 Å². The summed E-state index contributed by atoms with van der Waals surface area (Å²) in [7, 11) is 1.69. The highest BCUT2D eigenvalue weighted by Gasteiger charge is 2.35. The van der Waals surface area contributed by atoms with Gasteiger partial charge in [0, 0.05) is 36.8 Å². The van der Waals surface area contributed by atoms with Crippen molar-refractivity contribution >= 4 is 22.3 Å². The van der Waals surface area contributed by atoms with E-state index in [4.69, 9.17) is 19.4 Å². The summed E-state index contributed by atoms with van der Waals surface area (Å²) in [6, 6.07) is 6.23. The average molecular weight is 468 g/mol. The third-order valence-corrected chi connectivity index (χ3v) is 6.89. The van der Waals surface area contributed by atoms with Crippen molar-refractivity contribution in [2.75, 3.05) is 37.0 Å². The molecule has 33 heavy (non-hydrogen) atoms. The van der Waals surface area contributed by atoms with E-state index in [1.807, 2.05) is 30.6 Å². The zero-order chi connectivity index (χ0) is 23.4. The predicted molar refractivity (Wildman–Crippen MR) is 135 cm³/mol. The fourth-order valence-corrected chi connectivity index (χ4v) is 5.02. The molecule has 4 rings (SSSR count). The molecular formula is C25H33N5O2S. The van der Waals surface area contributed by atoms with Crippen LogP contribution >= 0.6 is 11.3 Å². The van der Waals surface area contributed by atoms with Gasteiger partial charge in [0.15, 0.2) is 5.13 Å². The third-order valence-electron chi connectivity index (χ3n) is 6.06. The van der Waals surface area contributed by atoms with Gasteiger partial charge in [0.2, 0.25) is 0 Å². The van der Waals surface area contributed by atoms with Crippen LogP contribution in [0, 0.1) is 6.92 Å². The molecule has 2 atom stereocenters. The maximum atomic E-state index is 6.09. The second-order valence-corrected chi connectivity index (χ2v) is 9.04. The molecule has 1 N–H and O–H groups in total. The van der Waals surface area contributed by atoms with Gasteiger partial charge in [0.05, 0.1) is 36.3 Å². The number of hydrogen-bond donors (Lipinski definition) is 1. The highest BCUT2D eigenvalue weighted by molar-refractivity contribution is 7.13. The zero-order valence-electron chi connectivity index (χ0n) is 20.1. The fourth-order valence-electron chi connectivity index (χ4n) is 4.36. The van der Waals surface area contributed by atoms with Gasteiger partial charge in [-0.15, -0.1) is 11.3 Å². The molecule has 0 bridgehead atoms. The first-order chi connectivity index (χ1) is 16.1. The molecule has 2 aromatic heterocycles. The first-order valence-electron chi connectivity index (χ1n) is 11.6. The molecule has 8 heteroatoms. The van der Waals surface area contributed by atoms with Crippen LogP contribution in [0.25, 0.3) is 11.3 Å².